The number of para-hydroxylation sites is 1. The number of benzene rings is 1. The highest BCUT2D eigenvalue weighted by molar-refractivity contribution is 7.51. The SMILES string of the molecule is O=C(O)CCC(CP(O)CNc1ccccc1)C(=O)O. The topological polar surface area (TPSA) is 107 Å². The average Bonchev–Trinajstić information content (AvgIpc) is 2.41. The Bertz CT molecular complexity index is 440. The van der Waals surface area contributed by atoms with Gasteiger partial charge in [0.1, 0.15) is 0 Å². The Labute approximate surface area is 118 Å². The van der Waals surface area contributed by atoms with Crippen molar-refractivity contribution >= 4 is 25.8 Å². The van der Waals surface area contributed by atoms with Crippen LogP contribution >= 0.6 is 8.15 Å². The van der Waals surface area contributed by atoms with Crippen molar-refractivity contribution in [1.29, 1.82) is 0 Å². The molecule has 0 spiro atoms. The van der Waals surface area contributed by atoms with E-state index >= 15 is 0 Å². The molecule has 0 aromatic heterocycles. The summed E-state index contributed by atoms with van der Waals surface area (Å²) in [6.45, 7) is 0. The second-order valence-electron chi connectivity index (χ2n) is 4.36. The summed E-state index contributed by atoms with van der Waals surface area (Å²) in [5.74, 6) is -2.91. The van der Waals surface area contributed by atoms with Gasteiger partial charge in [-0.2, -0.15) is 0 Å². The molecule has 1 rings (SSSR count). The molecule has 1 aromatic carbocycles. The van der Waals surface area contributed by atoms with E-state index in [0.29, 0.717) is 0 Å². The third kappa shape index (κ3) is 6.50. The van der Waals surface area contributed by atoms with Crippen LogP contribution in [0.1, 0.15) is 12.8 Å². The zero-order chi connectivity index (χ0) is 15.0. The predicted octanol–water partition coefficient (Wildman–Crippen LogP) is 2.01. The Hall–Kier alpha value is -1.65. The Morgan fingerprint density at radius 1 is 1.20 bits per heavy atom. The molecular formula is C13H18NO5P. The van der Waals surface area contributed by atoms with Crippen molar-refractivity contribution in [1.82, 2.24) is 0 Å². The van der Waals surface area contributed by atoms with Crippen molar-refractivity contribution < 1.29 is 24.7 Å². The van der Waals surface area contributed by atoms with Crippen LogP contribution in [0.5, 0.6) is 0 Å². The fourth-order valence-corrected chi connectivity index (χ4v) is 2.99. The molecule has 0 saturated heterocycles. The van der Waals surface area contributed by atoms with E-state index in [1.807, 2.05) is 30.3 Å². The highest BCUT2D eigenvalue weighted by Crippen LogP contribution is 2.33. The first-order chi connectivity index (χ1) is 9.49. The minimum atomic E-state index is -1.49. The standard InChI is InChI=1S/C13H18NO5P/c15-12(16)7-6-10(13(17)18)8-20(19)9-14-11-4-2-1-3-5-11/h1-5,10,14,19H,6-9H2,(H,15,16)(H,17,18). The molecule has 0 amide bonds. The van der Waals surface area contributed by atoms with Crippen LogP contribution in [-0.2, 0) is 9.59 Å². The molecular weight excluding hydrogens is 281 g/mol. The van der Waals surface area contributed by atoms with Crippen molar-refractivity contribution in [2.24, 2.45) is 5.92 Å². The summed E-state index contributed by atoms with van der Waals surface area (Å²) in [7, 11) is -1.49. The summed E-state index contributed by atoms with van der Waals surface area (Å²) in [6, 6.07) is 9.29. The number of hydrogen-bond donors (Lipinski definition) is 4. The molecule has 20 heavy (non-hydrogen) atoms. The first kappa shape index (κ1) is 16.4. The van der Waals surface area contributed by atoms with Gasteiger partial charge in [0.25, 0.3) is 0 Å². The molecule has 0 aliphatic carbocycles. The summed E-state index contributed by atoms with van der Waals surface area (Å²) in [4.78, 5) is 31.4. The normalized spacial score (nSPS) is 13.4. The number of carboxylic acid groups (broad SMARTS) is 2. The van der Waals surface area contributed by atoms with Gasteiger partial charge in [0.05, 0.1) is 12.2 Å². The average molecular weight is 299 g/mol. The monoisotopic (exact) mass is 299 g/mol. The van der Waals surface area contributed by atoms with Crippen LogP contribution in [0.15, 0.2) is 30.3 Å². The number of hydrogen-bond acceptors (Lipinski definition) is 4. The minimum absolute atomic E-state index is 0.0371. The summed E-state index contributed by atoms with van der Waals surface area (Å²) >= 11 is 0. The van der Waals surface area contributed by atoms with Gasteiger partial charge < -0.3 is 20.4 Å². The largest absolute Gasteiger partial charge is 0.481 e. The van der Waals surface area contributed by atoms with Crippen molar-refractivity contribution in [3.05, 3.63) is 30.3 Å². The third-order valence-corrected chi connectivity index (χ3v) is 4.11. The lowest BCUT2D eigenvalue weighted by Gasteiger charge is -2.17. The van der Waals surface area contributed by atoms with Crippen LogP contribution in [0.2, 0.25) is 0 Å². The fourth-order valence-electron chi connectivity index (χ4n) is 1.65. The van der Waals surface area contributed by atoms with Gasteiger partial charge in [0.15, 0.2) is 0 Å². The molecule has 0 aliphatic rings. The summed E-state index contributed by atoms with van der Waals surface area (Å²) in [5, 5.41) is 20.6. The second kappa shape index (κ2) is 8.51. The molecule has 110 valence electrons. The summed E-state index contributed by atoms with van der Waals surface area (Å²) in [6.07, 6.45) is 0.218. The molecule has 0 aliphatic heterocycles. The van der Waals surface area contributed by atoms with Gasteiger partial charge in [0.2, 0.25) is 0 Å². The smallest absolute Gasteiger partial charge is 0.306 e. The Balaban J connectivity index is 2.39. The molecule has 0 radical (unpaired) electrons. The Morgan fingerprint density at radius 3 is 2.40 bits per heavy atom. The van der Waals surface area contributed by atoms with Gasteiger partial charge in [-0.15, -0.1) is 0 Å². The number of aliphatic carboxylic acids is 2. The van der Waals surface area contributed by atoms with E-state index in [4.69, 9.17) is 10.2 Å². The highest BCUT2D eigenvalue weighted by atomic mass is 31.1. The van der Waals surface area contributed by atoms with Gasteiger partial charge in [-0.05, 0) is 18.6 Å². The van der Waals surface area contributed by atoms with Crippen LogP contribution in [0.4, 0.5) is 5.69 Å². The first-order valence-corrected chi connectivity index (χ1v) is 7.83. The Morgan fingerprint density at radius 2 is 1.85 bits per heavy atom. The molecule has 7 heteroatoms. The zero-order valence-electron chi connectivity index (χ0n) is 10.9. The number of carbonyl (C=O) groups is 2. The van der Waals surface area contributed by atoms with E-state index in [0.717, 1.165) is 5.69 Å². The van der Waals surface area contributed by atoms with E-state index < -0.39 is 26.0 Å². The predicted molar refractivity (Wildman–Crippen MR) is 76.9 cm³/mol. The maximum atomic E-state index is 11.0. The van der Waals surface area contributed by atoms with Crippen LogP contribution in [-0.4, -0.2) is 39.5 Å². The van der Waals surface area contributed by atoms with Crippen molar-refractivity contribution in [2.75, 3.05) is 17.8 Å². The summed E-state index contributed by atoms with van der Waals surface area (Å²) < 4.78 is 0. The van der Waals surface area contributed by atoms with Gasteiger partial charge in [0, 0.05) is 26.4 Å². The van der Waals surface area contributed by atoms with E-state index in [2.05, 4.69) is 5.32 Å². The number of carboxylic acids is 2. The van der Waals surface area contributed by atoms with Crippen LogP contribution < -0.4 is 5.32 Å². The van der Waals surface area contributed by atoms with Crippen molar-refractivity contribution in [3.63, 3.8) is 0 Å². The molecule has 4 N–H and O–H groups in total. The second-order valence-corrected chi connectivity index (χ2v) is 6.05. The lowest BCUT2D eigenvalue weighted by Crippen LogP contribution is -2.19. The molecule has 6 nitrogen and oxygen atoms in total. The van der Waals surface area contributed by atoms with E-state index in [-0.39, 0.29) is 25.3 Å². The van der Waals surface area contributed by atoms with Crippen molar-refractivity contribution in [3.8, 4) is 0 Å². The van der Waals surface area contributed by atoms with Gasteiger partial charge in [-0.1, -0.05) is 18.2 Å². The Kier molecular flexibility index (Phi) is 6.98. The van der Waals surface area contributed by atoms with E-state index in [1.54, 1.807) is 0 Å². The van der Waals surface area contributed by atoms with E-state index in [1.165, 1.54) is 0 Å². The molecule has 2 unspecified atom stereocenters. The lowest BCUT2D eigenvalue weighted by molar-refractivity contribution is -0.142. The molecule has 0 saturated carbocycles. The number of rotatable bonds is 9. The number of nitrogens with one attached hydrogen (secondary N) is 1. The van der Waals surface area contributed by atoms with E-state index in [9.17, 15) is 14.5 Å². The van der Waals surface area contributed by atoms with Crippen LogP contribution in [0.25, 0.3) is 0 Å². The lowest BCUT2D eigenvalue weighted by atomic mass is 10.1. The summed E-state index contributed by atoms with van der Waals surface area (Å²) in [5.41, 5.74) is 0.853. The molecule has 0 bridgehead atoms. The molecule has 1 aromatic rings. The number of anilines is 1. The molecule has 0 fully saturated rings. The van der Waals surface area contributed by atoms with Gasteiger partial charge >= 0.3 is 11.9 Å². The highest BCUT2D eigenvalue weighted by Gasteiger charge is 2.22. The van der Waals surface area contributed by atoms with Crippen molar-refractivity contribution in [2.45, 2.75) is 12.8 Å². The third-order valence-electron chi connectivity index (χ3n) is 2.73. The molecule has 2 atom stereocenters. The zero-order valence-corrected chi connectivity index (χ0v) is 11.8. The maximum absolute atomic E-state index is 11.0. The van der Waals surface area contributed by atoms with Gasteiger partial charge in [-0.25, -0.2) is 0 Å². The quantitative estimate of drug-likeness (QED) is 0.520. The minimum Gasteiger partial charge on any atom is -0.481 e. The maximum Gasteiger partial charge on any atom is 0.306 e. The van der Waals surface area contributed by atoms with Crippen LogP contribution in [0.3, 0.4) is 0 Å². The fraction of sp³-hybridized carbons (Fsp3) is 0.385. The van der Waals surface area contributed by atoms with Gasteiger partial charge in [-0.3, -0.25) is 9.59 Å². The van der Waals surface area contributed by atoms with Crippen LogP contribution in [0, 0.1) is 5.92 Å². The molecule has 0 heterocycles. The first-order valence-electron chi connectivity index (χ1n) is 6.16.